The highest BCUT2D eigenvalue weighted by Crippen LogP contribution is 2.24. The van der Waals surface area contributed by atoms with Crippen molar-refractivity contribution < 1.29 is 14.1 Å². The smallest absolute Gasteiger partial charge is 0.257 e. The van der Waals surface area contributed by atoms with Crippen LogP contribution in [0.5, 0.6) is 0 Å². The Labute approximate surface area is 140 Å². The second-order valence-corrected chi connectivity index (χ2v) is 6.39. The van der Waals surface area contributed by atoms with E-state index in [0.717, 1.165) is 30.5 Å². The van der Waals surface area contributed by atoms with Crippen molar-refractivity contribution >= 4 is 22.9 Å². The number of amides is 2. The largest absolute Gasteiger partial charge is 0.352 e. The molecule has 0 aliphatic carbocycles. The Bertz CT molecular complexity index is 753. The van der Waals surface area contributed by atoms with Gasteiger partial charge < -0.3 is 14.7 Å². The lowest BCUT2D eigenvalue weighted by Gasteiger charge is -2.15. The summed E-state index contributed by atoms with van der Waals surface area (Å²) in [5.74, 6) is 0.238. The normalized spacial score (nSPS) is 14.8. The van der Waals surface area contributed by atoms with Gasteiger partial charge >= 0.3 is 0 Å². The number of hydrogen-bond donors (Lipinski definition) is 1. The van der Waals surface area contributed by atoms with E-state index in [1.54, 1.807) is 6.07 Å². The fraction of sp³-hybridized carbons (Fsp3) is 0.529. The van der Waals surface area contributed by atoms with Gasteiger partial charge in [-0.15, -0.1) is 0 Å². The topological polar surface area (TPSA) is 88.3 Å². The number of carbonyl (C=O) groups excluding carboxylic acids is 2. The van der Waals surface area contributed by atoms with E-state index in [1.165, 1.54) is 6.20 Å². The zero-order valence-corrected chi connectivity index (χ0v) is 14.0. The second-order valence-electron chi connectivity index (χ2n) is 6.39. The summed E-state index contributed by atoms with van der Waals surface area (Å²) in [5, 5.41) is 7.67. The van der Waals surface area contributed by atoms with Gasteiger partial charge in [0.2, 0.25) is 5.91 Å². The molecule has 1 N–H and O–H groups in total. The van der Waals surface area contributed by atoms with Gasteiger partial charge in [0.15, 0.2) is 0 Å². The number of pyridine rings is 1. The molecule has 2 aromatic heterocycles. The Morgan fingerprint density at radius 2 is 2.29 bits per heavy atom. The van der Waals surface area contributed by atoms with Crippen LogP contribution < -0.4 is 5.32 Å². The van der Waals surface area contributed by atoms with Crippen molar-refractivity contribution in [2.75, 3.05) is 19.6 Å². The molecular formula is C17H22N4O3. The lowest BCUT2D eigenvalue weighted by atomic mass is 10.1. The van der Waals surface area contributed by atoms with Gasteiger partial charge in [-0.25, -0.2) is 4.98 Å². The number of nitrogens with zero attached hydrogens (tertiary/aromatic N) is 3. The lowest BCUT2D eigenvalue weighted by molar-refractivity contribution is -0.127. The molecule has 1 fully saturated rings. The molecule has 0 aromatic carbocycles. The SMILES string of the molecule is CC(C)c1noc2ncc(C(=O)NCCCN3CCCC3=O)cc12. The molecule has 0 atom stereocenters. The van der Waals surface area contributed by atoms with Crippen molar-refractivity contribution in [3.63, 3.8) is 0 Å². The summed E-state index contributed by atoms with van der Waals surface area (Å²) in [6, 6.07) is 1.77. The highest BCUT2D eigenvalue weighted by molar-refractivity contribution is 5.97. The zero-order chi connectivity index (χ0) is 17.1. The number of rotatable bonds is 6. The molecule has 2 aromatic rings. The molecule has 2 amide bonds. The van der Waals surface area contributed by atoms with Crippen LogP contribution in [0.4, 0.5) is 0 Å². The van der Waals surface area contributed by atoms with Gasteiger partial charge in [0.1, 0.15) is 0 Å². The summed E-state index contributed by atoms with van der Waals surface area (Å²) in [5.41, 5.74) is 1.74. The molecule has 0 saturated carbocycles. The number of likely N-dealkylation sites (tertiary alicyclic amines) is 1. The zero-order valence-electron chi connectivity index (χ0n) is 14.0. The lowest BCUT2D eigenvalue weighted by Crippen LogP contribution is -2.30. The molecule has 1 aliphatic heterocycles. The van der Waals surface area contributed by atoms with Crippen molar-refractivity contribution in [1.82, 2.24) is 20.4 Å². The van der Waals surface area contributed by atoms with E-state index in [2.05, 4.69) is 15.5 Å². The third-order valence-corrected chi connectivity index (χ3v) is 4.23. The molecule has 0 radical (unpaired) electrons. The summed E-state index contributed by atoms with van der Waals surface area (Å²) >= 11 is 0. The minimum Gasteiger partial charge on any atom is -0.352 e. The van der Waals surface area contributed by atoms with Crippen LogP contribution in [0.25, 0.3) is 11.1 Å². The molecule has 0 spiro atoms. The third kappa shape index (κ3) is 3.39. The molecule has 7 nitrogen and oxygen atoms in total. The van der Waals surface area contributed by atoms with E-state index >= 15 is 0 Å². The van der Waals surface area contributed by atoms with E-state index in [0.29, 0.717) is 30.8 Å². The first kappa shape index (κ1) is 16.4. The van der Waals surface area contributed by atoms with Gasteiger partial charge in [-0.1, -0.05) is 19.0 Å². The molecule has 1 saturated heterocycles. The average Bonchev–Trinajstić information content (AvgIpc) is 3.16. The van der Waals surface area contributed by atoms with Gasteiger partial charge in [-0.05, 0) is 24.8 Å². The van der Waals surface area contributed by atoms with Gasteiger partial charge in [0, 0.05) is 32.3 Å². The van der Waals surface area contributed by atoms with Crippen LogP contribution in [-0.2, 0) is 4.79 Å². The summed E-state index contributed by atoms with van der Waals surface area (Å²) in [7, 11) is 0. The maximum absolute atomic E-state index is 12.3. The number of fused-ring (bicyclic) bond motifs is 1. The number of hydrogen-bond acceptors (Lipinski definition) is 5. The molecule has 3 rings (SSSR count). The Morgan fingerprint density at radius 1 is 1.46 bits per heavy atom. The Hall–Kier alpha value is -2.44. The van der Waals surface area contributed by atoms with Crippen LogP contribution >= 0.6 is 0 Å². The van der Waals surface area contributed by atoms with Crippen LogP contribution in [0.1, 0.15) is 55.1 Å². The van der Waals surface area contributed by atoms with Crippen LogP contribution in [0.3, 0.4) is 0 Å². The van der Waals surface area contributed by atoms with Crippen molar-refractivity contribution in [2.45, 2.75) is 39.0 Å². The minimum atomic E-state index is -0.173. The second kappa shape index (κ2) is 6.98. The van der Waals surface area contributed by atoms with Crippen LogP contribution in [-0.4, -0.2) is 46.5 Å². The summed E-state index contributed by atoms with van der Waals surface area (Å²) in [6.07, 6.45) is 3.83. The van der Waals surface area contributed by atoms with Crippen LogP contribution in [0, 0.1) is 0 Å². The number of carbonyl (C=O) groups is 2. The van der Waals surface area contributed by atoms with Gasteiger partial charge in [-0.3, -0.25) is 9.59 Å². The summed E-state index contributed by atoms with van der Waals surface area (Å²) in [6.45, 7) is 6.09. The Kier molecular flexibility index (Phi) is 4.78. The molecule has 128 valence electrons. The average molecular weight is 330 g/mol. The number of aromatic nitrogens is 2. The fourth-order valence-corrected chi connectivity index (χ4v) is 2.90. The van der Waals surface area contributed by atoms with E-state index in [4.69, 9.17) is 4.52 Å². The van der Waals surface area contributed by atoms with Gasteiger partial charge in [0.25, 0.3) is 11.6 Å². The van der Waals surface area contributed by atoms with Crippen molar-refractivity contribution in [2.24, 2.45) is 0 Å². The Morgan fingerprint density at radius 3 is 3.00 bits per heavy atom. The Balaban J connectivity index is 1.57. The first-order valence-corrected chi connectivity index (χ1v) is 8.37. The predicted molar refractivity (Wildman–Crippen MR) is 88.7 cm³/mol. The molecule has 3 heterocycles. The van der Waals surface area contributed by atoms with Crippen LogP contribution in [0.2, 0.25) is 0 Å². The van der Waals surface area contributed by atoms with Crippen molar-refractivity contribution in [3.8, 4) is 0 Å². The number of nitrogens with one attached hydrogen (secondary N) is 1. The maximum atomic E-state index is 12.3. The molecule has 0 bridgehead atoms. The van der Waals surface area contributed by atoms with Gasteiger partial charge in [-0.2, -0.15) is 0 Å². The molecule has 24 heavy (non-hydrogen) atoms. The predicted octanol–water partition coefficient (Wildman–Crippen LogP) is 2.09. The molecular weight excluding hydrogens is 308 g/mol. The fourth-order valence-electron chi connectivity index (χ4n) is 2.90. The van der Waals surface area contributed by atoms with E-state index < -0.39 is 0 Å². The third-order valence-electron chi connectivity index (χ3n) is 4.23. The monoisotopic (exact) mass is 330 g/mol. The van der Waals surface area contributed by atoms with E-state index in [1.807, 2.05) is 18.7 Å². The van der Waals surface area contributed by atoms with E-state index in [-0.39, 0.29) is 17.7 Å². The highest BCUT2D eigenvalue weighted by Gasteiger charge is 2.19. The molecule has 1 aliphatic rings. The highest BCUT2D eigenvalue weighted by atomic mass is 16.5. The first-order valence-electron chi connectivity index (χ1n) is 8.37. The van der Waals surface area contributed by atoms with Gasteiger partial charge in [0.05, 0.1) is 16.6 Å². The standard InChI is InChI=1S/C17H22N4O3/c1-11(2)15-13-9-12(10-19-17(13)24-20-15)16(23)18-6-4-8-21-7-3-5-14(21)22/h9-11H,3-8H2,1-2H3,(H,18,23). The molecule has 0 unspecified atom stereocenters. The summed E-state index contributed by atoms with van der Waals surface area (Å²) < 4.78 is 5.18. The quantitative estimate of drug-likeness (QED) is 0.819. The van der Waals surface area contributed by atoms with E-state index in [9.17, 15) is 9.59 Å². The first-order chi connectivity index (χ1) is 11.6. The minimum absolute atomic E-state index is 0.173. The van der Waals surface area contributed by atoms with Crippen molar-refractivity contribution in [1.29, 1.82) is 0 Å². The molecule has 7 heteroatoms. The summed E-state index contributed by atoms with van der Waals surface area (Å²) in [4.78, 5) is 29.8. The maximum Gasteiger partial charge on any atom is 0.257 e. The van der Waals surface area contributed by atoms with Crippen molar-refractivity contribution in [3.05, 3.63) is 23.5 Å². The van der Waals surface area contributed by atoms with Crippen LogP contribution in [0.15, 0.2) is 16.8 Å².